The van der Waals surface area contributed by atoms with Gasteiger partial charge in [-0.3, -0.25) is 9.69 Å². The Balaban J connectivity index is 0.00000200. The number of morpholine rings is 1. The molecule has 5 nitrogen and oxygen atoms in total. The Morgan fingerprint density at radius 1 is 1.43 bits per heavy atom. The maximum Gasteiger partial charge on any atom is 0.224 e. The first-order valence-corrected chi connectivity index (χ1v) is 8.22. The molecule has 0 bridgehead atoms. The second-order valence-electron chi connectivity index (χ2n) is 5.48. The normalized spacial score (nSPS) is 27.3. The van der Waals surface area contributed by atoms with E-state index in [1.54, 1.807) is 0 Å². The van der Waals surface area contributed by atoms with E-state index in [1.807, 2.05) is 18.7 Å². The quantitative estimate of drug-likeness (QED) is 0.757. The van der Waals surface area contributed by atoms with Crippen LogP contribution in [0.2, 0.25) is 0 Å². The van der Waals surface area contributed by atoms with Gasteiger partial charge in [0.2, 0.25) is 5.91 Å². The molecule has 3 N–H and O–H groups in total. The summed E-state index contributed by atoms with van der Waals surface area (Å²) in [5.74, 6) is 2.26. The molecule has 2 atom stereocenters. The van der Waals surface area contributed by atoms with Gasteiger partial charge in [0.1, 0.15) is 0 Å². The Hall–Kier alpha value is 0.280. The lowest BCUT2D eigenvalue weighted by atomic mass is 9.95. The molecule has 2 aliphatic rings. The molecule has 0 spiro atoms. The van der Waals surface area contributed by atoms with Gasteiger partial charge >= 0.3 is 0 Å². The fraction of sp³-hybridized carbons (Fsp3) is 0.923. The van der Waals surface area contributed by atoms with Crippen LogP contribution < -0.4 is 11.1 Å². The van der Waals surface area contributed by atoms with Gasteiger partial charge in [-0.15, -0.1) is 24.8 Å². The molecule has 0 radical (unpaired) electrons. The topological polar surface area (TPSA) is 67.6 Å². The fourth-order valence-electron chi connectivity index (χ4n) is 2.67. The number of carbonyl (C=O) groups is 1. The average molecular weight is 360 g/mol. The lowest BCUT2D eigenvalue weighted by molar-refractivity contribution is -0.125. The van der Waals surface area contributed by atoms with Crippen molar-refractivity contribution in [1.29, 1.82) is 0 Å². The summed E-state index contributed by atoms with van der Waals surface area (Å²) in [7, 11) is 0. The summed E-state index contributed by atoms with van der Waals surface area (Å²) in [6.45, 7) is 6.58. The molecule has 2 heterocycles. The summed E-state index contributed by atoms with van der Waals surface area (Å²) in [5.41, 5.74) is 5.66. The van der Waals surface area contributed by atoms with E-state index >= 15 is 0 Å². The van der Waals surface area contributed by atoms with E-state index in [-0.39, 0.29) is 42.2 Å². The van der Waals surface area contributed by atoms with Gasteiger partial charge in [0.05, 0.1) is 13.2 Å². The minimum atomic E-state index is -0.101. The summed E-state index contributed by atoms with van der Waals surface area (Å²) in [4.78, 5) is 14.4. The van der Waals surface area contributed by atoms with E-state index in [0.29, 0.717) is 6.54 Å². The zero-order valence-corrected chi connectivity index (χ0v) is 15.0. The zero-order valence-electron chi connectivity index (χ0n) is 12.5. The van der Waals surface area contributed by atoms with E-state index in [9.17, 15) is 4.79 Å². The number of nitrogens with one attached hydrogen (secondary N) is 1. The van der Waals surface area contributed by atoms with Crippen LogP contribution in [0.1, 0.15) is 13.3 Å². The van der Waals surface area contributed by atoms with Crippen molar-refractivity contribution in [2.45, 2.75) is 18.9 Å². The maximum absolute atomic E-state index is 11.9. The van der Waals surface area contributed by atoms with Gasteiger partial charge < -0.3 is 15.8 Å². The number of amides is 1. The van der Waals surface area contributed by atoms with Crippen LogP contribution in [-0.4, -0.2) is 67.2 Å². The van der Waals surface area contributed by atoms with Crippen molar-refractivity contribution in [3.8, 4) is 0 Å². The Bertz CT molecular complexity index is 312. The van der Waals surface area contributed by atoms with Crippen LogP contribution in [0.4, 0.5) is 0 Å². The Morgan fingerprint density at radius 2 is 2.10 bits per heavy atom. The van der Waals surface area contributed by atoms with Gasteiger partial charge in [-0.1, -0.05) is 6.92 Å². The van der Waals surface area contributed by atoms with Crippen LogP contribution in [0.3, 0.4) is 0 Å². The van der Waals surface area contributed by atoms with Crippen molar-refractivity contribution in [2.75, 3.05) is 50.9 Å². The number of carbonyl (C=O) groups excluding carboxylic acids is 1. The molecule has 2 rings (SSSR count). The predicted molar refractivity (Wildman–Crippen MR) is 92.8 cm³/mol. The van der Waals surface area contributed by atoms with E-state index in [4.69, 9.17) is 10.5 Å². The highest BCUT2D eigenvalue weighted by Gasteiger charge is 2.40. The van der Waals surface area contributed by atoms with Gasteiger partial charge in [0, 0.05) is 43.4 Å². The van der Waals surface area contributed by atoms with Crippen LogP contribution in [0.5, 0.6) is 0 Å². The first kappa shape index (κ1) is 21.3. The van der Waals surface area contributed by atoms with Crippen molar-refractivity contribution in [1.82, 2.24) is 10.2 Å². The number of nitrogens with two attached hydrogens (primary N) is 1. The number of nitrogens with zero attached hydrogens (tertiary/aromatic N) is 1. The third kappa shape index (κ3) is 5.44. The fourth-order valence-corrected chi connectivity index (χ4v) is 4.15. The highest BCUT2D eigenvalue weighted by Crippen LogP contribution is 2.33. The Kier molecular flexibility index (Phi) is 10.3. The standard InChI is InChI=1S/C13H25N3O2S.2ClH/c1-11(8-14)12(17)15-9-13(2-7-19-10-13)16-3-5-18-6-4-16;;/h11H,2-10,14H2,1H3,(H,15,17);2*1H. The molecule has 2 saturated heterocycles. The largest absolute Gasteiger partial charge is 0.379 e. The molecule has 1 amide bonds. The van der Waals surface area contributed by atoms with Gasteiger partial charge in [-0.25, -0.2) is 0 Å². The molecule has 2 fully saturated rings. The number of hydrogen-bond donors (Lipinski definition) is 2. The zero-order chi connectivity index (χ0) is 13.7. The van der Waals surface area contributed by atoms with E-state index in [0.717, 1.165) is 45.0 Å². The number of ether oxygens (including phenoxy) is 1. The summed E-state index contributed by atoms with van der Waals surface area (Å²) < 4.78 is 5.43. The molecule has 2 aliphatic heterocycles. The minimum absolute atomic E-state index is 0. The van der Waals surface area contributed by atoms with Crippen LogP contribution >= 0.6 is 36.6 Å². The number of halogens is 2. The monoisotopic (exact) mass is 359 g/mol. The molecule has 0 aromatic rings. The van der Waals surface area contributed by atoms with Gasteiger partial charge in [0.15, 0.2) is 0 Å². The van der Waals surface area contributed by atoms with Gasteiger partial charge in [0.25, 0.3) is 0 Å². The van der Waals surface area contributed by atoms with E-state index in [1.165, 1.54) is 5.75 Å². The van der Waals surface area contributed by atoms with Crippen LogP contribution in [0.15, 0.2) is 0 Å². The molecule has 126 valence electrons. The molecule has 21 heavy (non-hydrogen) atoms. The maximum atomic E-state index is 11.9. The number of thioether (sulfide) groups is 1. The van der Waals surface area contributed by atoms with Crippen molar-refractivity contribution >= 4 is 42.5 Å². The van der Waals surface area contributed by atoms with Crippen molar-refractivity contribution in [3.05, 3.63) is 0 Å². The highest BCUT2D eigenvalue weighted by atomic mass is 35.5. The Labute approximate surface area is 143 Å². The first-order valence-electron chi connectivity index (χ1n) is 7.06. The summed E-state index contributed by atoms with van der Waals surface area (Å²) in [6, 6.07) is 0. The Morgan fingerprint density at radius 3 is 2.62 bits per heavy atom. The SMILES string of the molecule is CC(CN)C(=O)NCC1(N2CCOCC2)CCSC1.Cl.Cl. The molecular formula is C13H27Cl2N3O2S. The number of hydrogen-bond acceptors (Lipinski definition) is 5. The minimum Gasteiger partial charge on any atom is -0.379 e. The summed E-state index contributed by atoms with van der Waals surface area (Å²) >= 11 is 1.98. The molecule has 0 aliphatic carbocycles. The smallest absolute Gasteiger partial charge is 0.224 e. The van der Waals surface area contributed by atoms with Crippen molar-refractivity contribution < 1.29 is 9.53 Å². The first-order chi connectivity index (χ1) is 9.18. The van der Waals surface area contributed by atoms with Gasteiger partial charge in [-0.2, -0.15) is 11.8 Å². The lowest BCUT2D eigenvalue weighted by Crippen LogP contribution is -2.59. The predicted octanol–water partition coefficient (Wildman–Crippen LogP) is 0.749. The molecule has 0 aromatic carbocycles. The summed E-state index contributed by atoms with van der Waals surface area (Å²) in [5, 5.41) is 3.10. The van der Waals surface area contributed by atoms with Crippen LogP contribution in [-0.2, 0) is 9.53 Å². The van der Waals surface area contributed by atoms with Crippen LogP contribution in [0, 0.1) is 5.92 Å². The molecule has 0 saturated carbocycles. The molecular weight excluding hydrogens is 333 g/mol. The van der Waals surface area contributed by atoms with E-state index < -0.39 is 0 Å². The molecule has 8 heteroatoms. The third-order valence-electron chi connectivity index (χ3n) is 4.16. The van der Waals surface area contributed by atoms with E-state index in [2.05, 4.69) is 10.2 Å². The van der Waals surface area contributed by atoms with Crippen molar-refractivity contribution in [3.63, 3.8) is 0 Å². The second-order valence-corrected chi connectivity index (χ2v) is 6.59. The van der Waals surface area contributed by atoms with Gasteiger partial charge in [-0.05, 0) is 12.2 Å². The molecule has 0 aromatic heterocycles. The average Bonchev–Trinajstić information content (AvgIpc) is 2.95. The highest BCUT2D eigenvalue weighted by molar-refractivity contribution is 7.99. The van der Waals surface area contributed by atoms with Crippen LogP contribution in [0.25, 0.3) is 0 Å². The summed E-state index contributed by atoms with van der Waals surface area (Å²) in [6.07, 6.45) is 1.15. The second kappa shape index (κ2) is 10.1. The number of rotatable bonds is 5. The molecule has 2 unspecified atom stereocenters. The lowest BCUT2D eigenvalue weighted by Gasteiger charge is -2.43. The van der Waals surface area contributed by atoms with Crippen molar-refractivity contribution in [2.24, 2.45) is 11.7 Å². The third-order valence-corrected chi connectivity index (χ3v) is 5.39.